The highest BCUT2D eigenvalue weighted by molar-refractivity contribution is 7.89. The van der Waals surface area contributed by atoms with Gasteiger partial charge in [0.25, 0.3) is 5.91 Å². The highest BCUT2D eigenvalue weighted by atomic mass is 32.2. The van der Waals surface area contributed by atoms with Crippen molar-refractivity contribution in [1.82, 2.24) is 19.5 Å². The third kappa shape index (κ3) is 3.06. The second kappa shape index (κ2) is 6.36. The first-order valence-corrected chi connectivity index (χ1v) is 9.97. The van der Waals surface area contributed by atoms with Crippen LogP contribution >= 0.6 is 0 Å². The van der Waals surface area contributed by atoms with Crippen LogP contribution in [0.5, 0.6) is 5.75 Å². The first kappa shape index (κ1) is 17.0. The largest absolute Gasteiger partial charge is 0.482 e. The molecule has 2 aromatic rings. The van der Waals surface area contributed by atoms with Crippen molar-refractivity contribution in [2.75, 3.05) is 11.9 Å². The van der Waals surface area contributed by atoms with Crippen LogP contribution < -0.4 is 14.8 Å². The van der Waals surface area contributed by atoms with E-state index in [2.05, 4.69) is 20.1 Å². The summed E-state index contributed by atoms with van der Waals surface area (Å²) in [5.41, 5.74) is 0.351. The minimum Gasteiger partial charge on any atom is -0.482 e. The lowest BCUT2D eigenvalue weighted by molar-refractivity contribution is -0.118. The van der Waals surface area contributed by atoms with Gasteiger partial charge in [-0.25, -0.2) is 22.8 Å². The predicted octanol–water partition coefficient (Wildman–Crippen LogP) is 0.985. The van der Waals surface area contributed by atoms with E-state index >= 15 is 0 Å². The molecule has 10 heteroatoms. The molecule has 0 spiro atoms. The maximum atomic E-state index is 12.8. The molecule has 0 aliphatic carbocycles. The van der Waals surface area contributed by atoms with Crippen molar-refractivity contribution in [1.29, 1.82) is 0 Å². The number of aromatic nitrogens is 3. The first-order chi connectivity index (χ1) is 12.5. The topological polar surface area (TPSA) is 115 Å². The molecule has 1 atom stereocenters. The summed E-state index contributed by atoms with van der Waals surface area (Å²) < 4.78 is 35.4. The summed E-state index contributed by atoms with van der Waals surface area (Å²) in [5.74, 6) is 1.49. The van der Waals surface area contributed by atoms with Crippen LogP contribution in [0.25, 0.3) is 0 Å². The molecule has 9 nitrogen and oxygen atoms in total. The average Bonchev–Trinajstić information content (AvgIpc) is 3.05. The van der Waals surface area contributed by atoms with E-state index in [9.17, 15) is 13.2 Å². The molecule has 0 bridgehead atoms. The average molecular weight is 377 g/mol. The summed E-state index contributed by atoms with van der Waals surface area (Å²) in [6, 6.07) is 3.98. The maximum absolute atomic E-state index is 12.8. The molecule has 2 aliphatic heterocycles. The van der Waals surface area contributed by atoms with E-state index in [4.69, 9.17) is 4.74 Å². The molecule has 1 amide bonds. The fraction of sp³-hybridized carbons (Fsp3) is 0.438. The number of hydrogen-bond donors (Lipinski definition) is 2. The number of aryl methyl sites for hydroxylation is 2. The zero-order chi connectivity index (χ0) is 18.3. The summed E-state index contributed by atoms with van der Waals surface area (Å²) in [7, 11) is -3.79. The fourth-order valence-electron chi connectivity index (χ4n) is 3.15. The van der Waals surface area contributed by atoms with Gasteiger partial charge in [-0.1, -0.05) is 6.92 Å². The number of nitrogens with zero attached hydrogens (tertiary/aromatic N) is 3. The van der Waals surface area contributed by atoms with Gasteiger partial charge in [-0.2, -0.15) is 5.10 Å². The number of hydrogen-bond acceptors (Lipinski definition) is 6. The lowest BCUT2D eigenvalue weighted by Crippen LogP contribution is -2.33. The molecule has 1 aromatic carbocycles. The molecule has 26 heavy (non-hydrogen) atoms. The molecule has 3 heterocycles. The molecule has 0 unspecified atom stereocenters. The van der Waals surface area contributed by atoms with Gasteiger partial charge < -0.3 is 10.1 Å². The summed E-state index contributed by atoms with van der Waals surface area (Å²) in [4.78, 5) is 16.0. The van der Waals surface area contributed by atoms with Crippen LogP contribution in [0, 0.1) is 0 Å². The Balaban J connectivity index is 1.62. The van der Waals surface area contributed by atoms with Gasteiger partial charge in [-0.3, -0.25) is 4.79 Å². The van der Waals surface area contributed by atoms with E-state index in [1.54, 1.807) is 10.7 Å². The van der Waals surface area contributed by atoms with Gasteiger partial charge in [0.1, 0.15) is 11.6 Å². The van der Waals surface area contributed by atoms with Crippen molar-refractivity contribution >= 4 is 21.6 Å². The number of carbonyl (C=O) groups is 1. The molecule has 0 saturated heterocycles. The minimum atomic E-state index is -3.79. The monoisotopic (exact) mass is 377 g/mol. The molecule has 0 radical (unpaired) electrons. The highest BCUT2D eigenvalue weighted by Crippen LogP contribution is 2.31. The number of carbonyl (C=O) groups excluding carboxylic acids is 1. The summed E-state index contributed by atoms with van der Waals surface area (Å²) in [6.45, 7) is 2.63. The van der Waals surface area contributed by atoms with Crippen LogP contribution in [0.3, 0.4) is 0 Å². The maximum Gasteiger partial charge on any atom is 0.262 e. The van der Waals surface area contributed by atoms with E-state index in [1.165, 1.54) is 12.1 Å². The SMILES string of the molecule is CCc1nc2n(n1)CCC[C@@H]2NS(=O)(=O)c1ccc2c(c1)NC(=O)CO2. The van der Waals surface area contributed by atoms with E-state index in [-0.39, 0.29) is 17.4 Å². The second-order valence-electron chi connectivity index (χ2n) is 6.27. The molecule has 138 valence electrons. The van der Waals surface area contributed by atoms with Gasteiger partial charge in [0.15, 0.2) is 12.4 Å². The number of nitrogens with one attached hydrogen (secondary N) is 2. The zero-order valence-electron chi connectivity index (χ0n) is 14.2. The summed E-state index contributed by atoms with van der Waals surface area (Å²) in [6.07, 6.45) is 2.18. The van der Waals surface area contributed by atoms with Crippen molar-refractivity contribution in [2.24, 2.45) is 0 Å². The number of anilines is 1. The quantitative estimate of drug-likeness (QED) is 0.821. The lowest BCUT2D eigenvalue weighted by Gasteiger charge is -2.23. The second-order valence-corrected chi connectivity index (χ2v) is 7.99. The third-order valence-corrected chi connectivity index (χ3v) is 5.90. The Labute approximate surface area is 150 Å². The Morgan fingerprint density at radius 1 is 1.42 bits per heavy atom. The van der Waals surface area contributed by atoms with Crippen LogP contribution in [-0.4, -0.2) is 35.7 Å². The van der Waals surface area contributed by atoms with Crippen LogP contribution in [0.1, 0.15) is 37.5 Å². The summed E-state index contributed by atoms with van der Waals surface area (Å²) >= 11 is 0. The van der Waals surface area contributed by atoms with Crippen LogP contribution in [0.4, 0.5) is 5.69 Å². The van der Waals surface area contributed by atoms with Crippen LogP contribution in [0.2, 0.25) is 0 Å². The number of amides is 1. The molecule has 2 aliphatic rings. The van der Waals surface area contributed by atoms with Gasteiger partial charge in [0.2, 0.25) is 10.0 Å². The molecule has 0 fully saturated rings. The van der Waals surface area contributed by atoms with Crippen molar-refractivity contribution in [3.63, 3.8) is 0 Å². The molecular formula is C16H19N5O4S. The predicted molar refractivity (Wildman–Crippen MR) is 92.3 cm³/mol. The number of rotatable bonds is 4. The molecular weight excluding hydrogens is 358 g/mol. The van der Waals surface area contributed by atoms with Crippen molar-refractivity contribution in [3.05, 3.63) is 29.8 Å². The van der Waals surface area contributed by atoms with Crippen molar-refractivity contribution in [2.45, 2.75) is 43.7 Å². The minimum absolute atomic E-state index is 0.0643. The van der Waals surface area contributed by atoms with Crippen molar-refractivity contribution in [3.8, 4) is 5.75 Å². The van der Waals surface area contributed by atoms with E-state index in [0.717, 1.165) is 13.0 Å². The van der Waals surface area contributed by atoms with E-state index in [0.29, 0.717) is 35.9 Å². The fourth-order valence-corrected chi connectivity index (χ4v) is 4.40. The Kier molecular flexibility index (Phi) is 4.16. The molecule has 1 aromatic heterocycles. The van der Waals surface area contributed by atoms with Gasteiger partial charge in [-0.15, -0.1) is 0 Å². The molecule has 2 N–H and O–H groups in total. The first-order valence-electron chi connectivity index (χ1n) is 8.49. The Bertz CT molecular complexity index is 969. The lowest BCUT2D eigenvalue weighted by atomic mass is 10.1. The molecule has 4 rings (SSSR count). The number of sulfonamides is 1. The van der Waals surface area contributed by atoms with Gasteiger partial charge >= 0.3 is 0 Å². The van der Waals surface area contributed by atoms with E-state index < -0.39 is 16.1 Å². The van der Waals surface area contributed by atoms with Gasteiger partial charge in [0, 0.05) is 13.0 Å². The Morgan fingerprint density at radius 2 is 2.27 bits per heavy atom. The normalized spacial score (nSPS) is 19.3. The highest BCUT2D eigenvalue weighted by Gasteiger charge is 2.29. The standard InChI is InChI=1S/C16H19N5O4S/c1-2-14-18-16-11(4-3-7-21(16)19-14)20-26(23,24)10-5-6-13-12(8-10)17-15(22)9-25-13/h5-6,8,11,20H,2-4,7,9H2,1H3,(H,17,22)/t11-/m0/s1. The third-order valence-electron chi connectivity index (χ3n) is 4.43. The smallest absolute Gasteiger partial charge is 0.262 e. The zero-order valence-corrected chi connectivity index (χ0v) is 15.0. The molecule has 0 saturated carbocycles. The van der Waals surface area contributed by atoms with E-state index in [1.807, 2.05) is 6.92 Å². The number of benzene rings is 1. The van der Waals surface area contributed by atoms with Crippen molar-refractivity contribution < 1.29 is 17.9 Å². The van der Waals surface area contributed by atoms with Gasteiger partial charge in [0.05, 0.1) is 16.6 Å². The van der Waals surface area contributed by atoms with Crippen LogP contribution in [0.15, 0.2) is 23.1 Å². The van der Waals surface area contributed by atoms with Gasteiger partial charge in [-0.05, 0) is 31.0 Å². The number of fused-ring (bicyclic) bond motifs is 2. The summed E-state index contributed by atoms with van der Waals surface area (Å²) in [5, 5.41) is 7.01. The Hall–Kier alpha value is -2.46. The Morgan fingerprint density at radius 3 is 3.08 bits per heavy atom. The number of ether oxygens (including phenoxy) is 1. The van der Waals surface area contributed by atoms with Crippen LogP contribution in [-0.2, 0) is 27.8 Å².